The third-order valence-corrected chi connectivity index (χ3v) is 3.17. The Hall–Kier alpha value is -3.37. The molecule has 0 aromatic heterocycles. The number of hydrogen-bond acceptors (Lipinski definition) is 5. The number of benzene rings is 2. The van der Waals surface area contributed by atoms with E-state index < -0.39 is 17.8 Å². The Kier molecular flexibility index (Phi) is 6.71. The second-order valence-corrected chi connectivity index (χ2v) is 5.16. The van der Waals surface area contributed by atoms with Gasteiger partial charge in [-0.05, 0) is 49.4 Å². The lowest BCUT2D eigenvalue weighted by Crippen LogP contribution is -2.36. The molecule has 7 heteroatoms. The minimum absolute atomic E-state index is 0.00443. The molecule has 0 radical (unpaired) electrons. The van der Waals surface area contributed by atoms with E-state index in [2.05, 4.69) is 12.1 Å². The summed E-state index contributed by atoms with van der Waals surface area (Å²) in [4.78, 5) is 16.6. The molecule has 0 bridgehead atoms. The molecule has 0 fully saturated rings. The van der Waals surface area contributed by atoms with Gasteiger partial charge in [-0.25, -0.2) is 9.87 Å². The van der Waals surface area contributed by atoms with Crippen LogP contribution in [0.3, 0.4) is 0 Å². The SMILES string of the molecule is C=CCONC(=O)[C@@H](C)Oc1ccc(Oc2ccc(C#N)cc2F)cc1. The predicted octanol–water partition coefficient (Wildman–Crippen LogP) is 3.49. The first kappa shape index (κ1) is 19.0. The molecule has 0 aliphatic carbocycles. The Morgan fingerprint density at radius 1 is 1.31 bits per heavy atom. The fourth-order valence-corrected chi connectivity index (χ4v) is 1.88. The first-order valence-corrected chi connectivity index (χ1v) is 7.70. The molecule has 6 nitrogen and oxygen atoms in total. The van der Waals surface area contributed by atoms with E-state index in [9.17, 15) is 9.18 Å². The third kappa shape index (κ3) is 5.33. The van der Waals surface area contributed by atoms with Crippen LogP contribution in [-0.4, -0.2) is 18.6 Å². The highest BCUT2D eigenvalue weighted by atomic mass is 19.1. The highest BCUT2D eigenvalue weighted by Crippen LogP contribution is 2.27. The minimum Gasteiger partial charge on any atom is -0.481 e. The molecule has 0 spiro atoms. The van der Waals surface area contributed by atoms with Crippen LogP contribution in [0.1, 0.15) is 12.5 Å². The van der Waals surface area contributed by atoms with Crippen molar-refractivity contribution in [2.75, 3.05) is 6.61 Å². The molecule has 2 rings (SSSR count). The van der Waals surface area contributed by atoms with Crippen LogP contribution >= 0.6 is 0 Å². The molecule has 0 aliphatic heterocycles. The molecule has 26 heavy (non-hydrogen) atoms. The highest BCUT2D eigenvalue weighted by Gasteiger charge is 2.14. The van der Waals surface area contributed by atoms with Gasteiger partial charge >= 0.3 is 0 Å². The highest BCUT2D eigenvalue weighted by molar-refractivity contribution is 5.79. The van der Waals surface area contributed by atoms with Gasteiger partial charge in [0.1, 0.15) is 11.5 Å². The largest absolute Gasteiger partial charge is 0.481 e. The number of nitrogens with zero attached hydrogens (tertiary/aromatic N) is 1. The minimum atomic E-state index is -0.775. The molecule has 2 aromatic carbocycles. The van der Waals surface area contributed by atoms with Crippen LogP contribution in [0.4, 0.5) is 4.39 Å². The lowest BCUT2D eigenvalue weighted by Gasteiger charge is -2.14. The van der Waals surface area contributed by atoms with Crippen LogP contribution in [0.25, 0.3) is 0 Å². The fourth-order valence-electron chi connectivity index (χ4n) is 1.88. The summed E-state index contributed by atoms with van der Waals surface area (Å²) >= 11 is 0. The number of carbonyl (C=O) groups is 1. The van der Waals surface area contributed by atoms with Crippen molar-refractivity contribution < 1.29 is 23.5 Å². The molecule has 134 valence electrons. The van der Waals surface area contributed by atoms with Crippen molar-refractivity contribution in [1.29, 1.82) is 5.26 Å². The lowest BCUT2D eigenvalue weighted by atomic mass is 10.2. The van der Waals surface area contributed by atoms with E-state index in [0.717, 1.165) is 6.07 Å². The summed E-state index contributed by atoms with van der Waals surface area (Å²) in [5.74, 6) is -0.248. The number of halogens is 1. The van der Waals surface area contributed by atoms with Gasteiger partial charge < -0.3 is 9.47 Å². The molecule has 0 unspecified atom stereocenters. The maximum Gasteiger partial charge on any atom is 0.284 e. The number of hydroxylamine groups is 1. The summed E-state index contributed by atoms with van der Waals surface area (Å²) in [6.07, 6.45) is 0.726. The second kappa shape index (κ2) is 9.20. The van der Waals surface area contributed by atoms with Crippen LogP contribution in [-0.2, 0) is 9.63 Å². The summed E-state index contributed by atoms with van der Waals surface area (Å²) in [5.41, 5.74) is 2.45. The Bertz CT molecular complexity index is 815. The molecule has 0 saturated carbocycles. The van der Waals surface area contributed by atoms with Crippen molar-refractivity contribution in [1.82, 2.24) is 5.48 Å². The van der Waals surface area contributed by atoms with Gasteiger partial charge in [0.05, 0.1) is 18.2 Å². The summed E-state index contributed by atoms with van der Waals surface area (Å²) in [5, 5.41) is 8.73. The van der Waals surface area contributed by atoms with Gasteiger partial charge in [0, 0.05) is 0 Å². The molecule has 0 aliphatic rings. The Labute approximate surface area is 150 Å². The smallest absolute Gasteiger partial charge is 0.284 e. The van der Waals surface area contributed by atoms with Crippen molar-refractivity contribution in [2.24, 2.45) is 0 Å². The topological polar surface area (TPSA) is 80.6 Å². The number of hydrogen-bond donors (Lipinski definition) is 1. The van der Waals surface area contributed by atoms with Gasteiger partial charge in [-0.1, -0.05) is 6.08 Å². The molecule has 1 atom stereocenters. The number of carbonyl (C=O) groups excluding carboxylic acids is 1. The quantitative estimate of drug-likeness (QED) is 0.445. The normalized spacial score (nSPS) is 11.1. The second-order valence-electron chi connectivity index (χ2n) is 5.16. The number of nitriles is 1. The first-order chi connectivity index (χ1) is 12.5. The summed E-state index contributed by atoms with van der Waals surface area (Å²) in [7, 11) is 0. The van der Waals surface area contributed by atoms with E-state index in [1.54, 1.807) is 31.2 Å². The standard InChI is InChI=1S/C19H17FN2O4/c1-3-10-24-22-19(23)13(2)25-15-5-7-16(8-6-15)26-18-9-4-14(12-21)11-17(18)20/h3-9,11,13H,1,10H2,2H3,(H,22,23)/t13-/m1/s1. The fraction of sp³-hybridized carbons (Fsp3) is 0.158. The number of ether oxygens (including phenoxy) is 2. The van der Waals surface area contributed by atoms with Crippen molar-refractivity contribution in [3.63, 3.8) is 0 Å². The van der Waals surface area contributed by atoms with Gasteiger partial charge in [-0.2, -0.15) is 5.26 Å². The molecule has 1 N–H and O–H groups in total. The van der Waals surface area contributed by atoms with E-state index in [1.807, 2.05) is 6.07 Å². The van der Waals surface area contributed by atoms with Crippen LogP contribution < -0.4 is 15.0 Å². The summed E-state index contributed by atoms with van der Waals surface area (Å²) < 4.78 is 24.7. The monoisotopic (exact) mass is 356 g/mol. The molecular formula is C19H17FN2O4. The molecule has 0 saturated heterocycles. The number of nitrogens with one attached hydrogen (secondary N) is 1. The zero-order valence-corrected chi connectivity index (χ0v) is 14.1. The summed E-state index contributed by atoms with van der Waals surface area (Å²) in [6.45, 7) is 5.23. The van der Waals surface area contributed by atoms with Crippen molar-refractivity contribution in [3.05, 3.63) is 66.5 Å². The van der Waals surface area contributed by atoms with Gasteiger partial charge in [0.25, 0.3) is 5.91 Å². The third-order valence-electron chi connectivity index (χ3n) is 3.17. The van der Waals surface area contributed by atoms with Gasteiger partial charge in [0.15, 0.2) is 17.7 Å². The molecule has 1 amide bonds. The van der Waals surface area contributed by atoms with Crippen LogP contribution in [0.15, 0.2) is 55.1 Å². The van der Waals surface area contributed by atoms with E-state index in [4.69, 9.17) is 19.6 Å². The Morgan fingerprint density at radius 3 is 2.62 bits per heavy atom. The van der Waals surface area contributed by atoms with Crippen LogP contribution in [0, 0.1) is 17.1 Å². The zero-order chi connectivity index (χ0) is 18.9. The van der Waals surface area contributed by atoms with Gasteiger partial charge in [-0.15, -0.1) is 6.58 Å². The Balaban J connectivity index is 1.95. The average molecular weight is 356 g/mol. The van der Waals surface area contributed by atoms with Crippen LogP contribution in [0.5, 0.6) is 17.2 Å². The van der Waals surface area contributed by atoms with E-state index in [1.165, 1.54) is 18.2 Å². The van der Waals surface area contributed by atoms with E-state index >= 15 is 0 Å². The molecule has 2 aromatic rings. The number of amides is 1. The predicted molar refractivity (Wildman–Crippen MR) is 92.0 cm³/mol. The van der Waals surface area contributed by atoms with Crippen LogP contribution in [0.2, 0.25) is 0 Å². The first-order valence-electron chi connectivity index (χ1n) is 7.70. The van der Waals surface area contributed by atoms with Crippen molar-refractivity contribution in [2.45, 2.75) is 13.0 Å². The molecular weight excluding hydrogens is 339 g/mol. The molecule has 0 heterocycles. The maximum atomic E-state index is 13.8. The zero-order valence-electron chi connectivity index (χ0n) is 14.1. The van der Waals surface area contributed by atoms with E-state index in [-0.39, 0.29) is 17.9 Å². The number of rotatable bonds is 8. The summed E-state index contributed by atoms with van der Waals surface area (Å²) in [6, 6.07) is 12.1. The van der Waals surface area contributed by atoms with Crippen molar-refractivity contribution >= 4 is 5.91 Å². The van der Waals surface area contributed by atoms with Gasteiger partial charge in [-0.3, -0.25) is 9.63 Å². The Morgan fingerprint density at radius 2 is 2.00 bits per heavy atom. The van der Waals surface area contributed by atoms with E-state index in [0.29, 0.717) is 11.5 Å². The maximum absolute atomic E-state index is 13.8. The average Bonchev–Trinajstić information content (AvgIpc) is 2.65. The lowest BCUT2D eigenvalue weighted by molar-refractivity contribution is -0.139. The van der Waals surface area contributed by atoms with Gasteiger partial charge in [0.2, 0.25) is 0 Å². The van der Waals surface area contributed by atoms with Crippen molar-refractivity contribution in [3.8, 4) is 23.3 Å².